The van der Waals surface area contributed by atoms with Gasteiger partial charge in [0.25, 0.3) is 0 Å². The summed E-state index contributed by atoms with van der Waals surface area (Å²) in [5.74, 6) is 0.814. The summed E-state index contributed by atoms with van der Waals surface area (Å²) in [5, 5.41) is 0. The molecule has 4 saturated heterocycles. The van der Waals surface area contributed by atoms with Gasteiger partial charge < -0.3 is 10.6 Å². The molecule has 4 aliphatic heterocycles. The Morgan fingerprint density at radius 2 is 1.95 bits per heavy atom. The molecule has 4 heteroatoms. The number of piperidine rings is 2. The maximum atomic E-state index is 6.41. The Hall–Kier alpha value is -0.160. The van der Waals surface area contributed by atoms with Gasteiger partial charge >= 0.3 is 0 Å². The van der Waals surface area contributed by atoms with E-state index in [0.717, 1.165) is 18.5 Å². The van der Waals surface area contributed by atoms with Gasteiger partial charge in [-0.25, -0.2) is 0 Å². The van der Waals surface area contributed by atoms with Crippen LogP contribution in [0, 0.1) is 5.92 Å². The standard InChI is InChI=1S/C17H32N4/c1-14-10-20-7-3-2-4-16(20)12-21(14)17(13-18)6-9-19-8-5-15(17)11-19/h14-16H,2-13,18H2,1H3. The van der Waals surface area contributed by atoms with E-state index < -0.39 is 0 Å². The topological polar surface area (TPSA) is 35.7 Å². The molecule has 0 aromatic carbocycles. The molecule has 5 atom stereocenters. The zero-order valence-electron chi connectivity index (χ0n) is 13.6. The monoisotopic (exact) mass is 292 g/mol. The van der Waals surface area contributed by atoms with Gasteiger partial charge in [0, 0.05) is 43.8 Å². The average molecular weight is 292 g/mol. The van der Waals surface area contributed by atoms with Gasteiger partial charge in [-0.15, -0.1) is 0 Å². The van der Waals surface area contributed by atoms with Gasteiger partial charge in [0.05, 0.1) is 0 Å². The molecule has 4 rings (SSSR count). The van der Waals surface area contributed by atoms with Gasteiger partial charge in [0.1, 0.15) is 0 Å². The number of rotatable bonds is 2. The summed E-state index contributed by atoms with van der Waals surface area (Å²) in [6, 6.07) is 1.48. The van der Waals surface area contributed by atoms with Crippen molar-refractivity contribution in [2.45, 2.75) is 56.7 Å². The van der Waals surface area contributed by atoms with E-state index in [1.54, 1.807) is 0 Å². The molecule has 4 nitrogen and oxygen atoms in total. The summed E-state index contributed by atoms with van der Waals surface area (Å²) >= 11 is 0. The predicted octanol–water partition coefficient (Wildman–Crippen LogP) is 0.968. The van der Waals surface area contributed by atoms with Crippen LogP contribution in [-0.2, 0) is 0 Å². The molecule has 120 valence electrons. The van der Waals surface area contributed by atoms with Gasteiger partial charge in [-0.05, 0) is 58.2 Å². The molecule has 0 aromatic rings. The van der Waals surface area contributed by atoms with E-state index in [4.69, 9.17) is 5.73 Å². The molecular formula is C17H32N4. The lowest BCUT2D eigenvalue weighted by atomic mass is 9.75. The van der Waals surface area contributed by atoms with Crippen molar-refractivity contribution in [2.24, 2.45) is 11.7 Å². The minimum atomic E-state index is 0.302. The minimum Gasteiger partial charge on any atom is -0.329 e. The molecule has 2 N–H and O–H groups in total. The summed E-state index contributed by atoms with van der Waals surface area (Å²) in [5.41, 5.74) is 6.71. The van der Waals surface area contributed by atoms with Crippen LogP contribution in [0.25, 0.3) is 0 Å². The molecule has 0 saturated carbocycles. The second kappa shape index (κ2) is 5.48. The van der Waals surface area contributed by atoms with Gasteiger partial charge in [-0.2, -0.15) is 0 Å². The van der Waals surface area contributed by atoms with Crippen LogP contribution < -0.4 is 5.73 Å². The van der Waals surface area contributed by atoms with Crippen molar-refractivity contribution in [3.63, 3.8) is 0 Å². The number of fused-ring (bicyclic) bond motifs is 3. The van der Waals surface area contributed by atoms with Crippen LogP contribution in [0.2, 0.25) is 0 Å². The Bertz CT molecular complexity index is 387. The zero-order valence-corrected chi connectivity index (χ0v) is 13.6. The number of nitrogens with zero attached hydrogens (tertiary/aromatic N) is 3. The molecule has 0 amide bonds. The minimum absolute atomic E-state index is 0.302. The summed E-state index contributed by atoms with van der Waals surface area (Å²) in [6.45, 7) is 11.1. The van der Waals surface area contributed by atoms with E-state index in [0.29, 0.717) is 11.6 Å². The molecule has 4 aliphatic rings. The fourth-order valence-electron chi connectivity index (χ4n) is 5.77. The highest BCUT2D eigenvalue weighted by molar-refractivity contribution is 5.08. The van der Waals surface area contributed by atoms with Crippen molar-refractivity contribution < 1.29 is 0 Å². The normalized spacial score (nSPS) is 48.3. The van der Waals surface area contributed by atoms with Crippen LogP contribution >= 0.6 is 0 Å². The van der Waals surface area contributed by atoms with Gasteiger partial charge in [0.15, 0.2) is 0 Å². The van der Waals surface area contributed by atoms with E-state index in [2.05, 4.69) is 21.6 Å². The Kier molecular flexibility index (Phi) is 3.77. The molecule has 0 radical (unpaired) electrons. The molecule has 2 bridgehead atoms. The van der Waals surface area contributed by atoms with Crippen molar-refractivity contribution in [3.05, 3.63) is 0 Å². The predicted molar refractivity (Wildman–Crippen MR) is 86.3 cm³/mol. The van der Waals surface area contributed by atoms with Gasteiger partial charge in [-0.1, -0.05) is 6.42 Å². The number of piperazine rings is 1. The highest BCUT2D eigenvalue weighted by Crippen LogP contribution is 2.42. The molecule has 4 fully saturated rings. The third kappa shape index (κ3) is 2.26. The van der Waals surface area contributed by atoms with E-state index in [1.807, 2.05) is 0 Å². The van der Waals surface area contributed by atoms with Crippen LogP contribution in [0.5, 0.6) is 0 Å². The number of hydrogen-bond acceptors (Lipinski definition) is 4. The van der Waals surface area contributed by atoms with Crippen molar-refractivity contribution in [3.8, 4) is 0 Å². The quantitative estimate of drug-likeness (QED) is 0.823. The SMILES string of the molecule is CC1CN2CCCCC2CN1C1(CN)CCN2CCC1C2. The highest BCUT2D eigenvalue weighted by Gasteiger charge is 2.52. The first-order chi connectivity index (χ1) is 10.2. The fraction of sp³-hybridized carbons (Fsp3) is 1.00. The molecular weight excluding hydrogens is 260 g/mol. The second-order valence-electron chi connectivity index (χ2n) is 7.99. The fourth-order valence-corrected chi connectivity index (χ4v) is 5.77. The Balaban J connectivity index is 1.58. The lowest BCUT2D eigenvalue weighted by Gasteiger charge is -2.58. The Morgan fingerprint density at radius 3 is 2.81 bits per heavy atom. The lowest BCUT2D eigenvalue weighted by molar-refractivity contribution is -0.0795. The maximum Gasteiger partial charge on any atom is 0.0388 e. The molecule has 0 spiro atoms. The maximum absolute atomic E-state index is 6.41. The first kappa shape index (κ1) is 14.4. The molecule has 4 heterocycles. The van der Waals surface area contributed by atoms with Gasteiger partial charge in [-0.3, -0.25) is 9.80 Å². The van der Waals surface area contributed by atoms with E-state index in [1.165, 1.54) is 71.4 Å². The van der Waals surface area contributed by atoms with Crippen LogP contribution in [0.1, 0.15) is 39.0 Å². The Morgan fingerprint density at radius 1 is 1.05 bits per heavy atom. The van der Waals surface area contributed by atoms with Crippen LogP contribution in [0.4, 0.5) is 0 Å². The summed E-state index contributed by atoms with van der Waals surface area (Å²) in [4.78, 5) is 8.28. The Labute approximate surface area is 129 Å². The van der Waals surface area contributed by atoms with Crippen LogP contribution in [0.15, 0.2) is 0 Å². The molecule has 0 aliphatic carbocycles. The van der Waals surface area contributed by atoms with Crippen molar-refractivity contribution in [2.75, 3.05) is 45.8 Å². The summed E-state index contributed by atoms with van der Waals surface area (Å²) in [6.07, 6.45) is 6.90. The first-order valence-corrected chi connectivity index (χ1v) is 9.16. The number of hydrogen-bond donors (Lipinski definition) is 1. The number of nitrogens with two attached hydrogens (primary N) is 1. The van der Waals surface area contributed by atoms with Crippen LogP contribution in [-0.4, -0.2) is 78.1 Å². The lowest BCUT2D eigenvalue weighted by Crippen LogP contribution is -2.70. The van der Waals surface area contributed by atoms with Crippen molar-refractivity contribution in [1.82, 2.24) is 14.7 Å². The van der Waals surface area contributed by atoms with E-state index >= 15 is 0 Å². The summed E-state index contributed by atoms with van der Waals surface area (Å²) in [7, 11) is 0. The zero-order chi connectivity index (χ0) is 14.4. The van der Waals surface area contributed by atoms with E-state index in [9.17, 15) is 0 Å². The third-order valence-corrected chi connectivity index (χ3v) is 7.01. The van der Waals surface area contributed by atoms with E-state index in [-0.39, 0.29) is 0 Å². The van der Waals surface area contributed by atoms with Gasteiger partial charge in [0.2, 0.25) is 0 Å². The summed E-state index contributed by atoms with van der Waals surface area (Å²) < 4.78 is 0. The average Bonchev–Trinajstić information content (AvgIpc) is 2.92. The molecule has 0 aromatic heterocycles. The first-order valence-electron chi connectivity index (χ1n) is 9.16. The highest BCUT2D eigenvalue weighted by atomic mass is 15.4. The van der Waals surface area contributed by atoms with Crippen LogP contribution in [0.3, 0.4) is 0 Å². The van der Waals surface area contributed by atoms with Crippen molar-refractivity contribution in [1.29, 1.82) is 0 Å². The molecule has 5 unspecified atom stereocenters. The largest absolute Gasteiger partial charge is 0.329 e. The third-order valence-electron chi connectivity index (χ3n) is 7.01. The molecule has 21 heavy (non-hydrogen) atoms. The van der Waals surface area contributed by atoms with Crippen molar-refractivity contribution >= 4 is 0 Å². The second-order valence-corrected chi connectivity index (χ2v) is 7.99. The smallest absolute Gasteiger partial charge is 0.0388 e.